The number of nitrogens with one attached hydrogen (secondary N) is 1. The number of aliphatic imine (C=N–C) groups is 1. The first kappa shape index (κ1) is 13.0. The van der Waals surface area contributed by atoms with E-state index in [1.165, 1.54) is 18.2 Å². The van der Waals surface area contributed by atoms with Gasteiger partial charge in [-0.3, -0.25) is 0 Å². The third-order valence-electron chi connectivity index (χ3n) is 2.98. The van der Waals surface area contributed by atoms with Crippen LogP contribution in [0.3, 0.4) is 0 Å². The summed E-state index contributed by atoms with van der Waals surface area (Å²) in [5.41, 5.74) is 0.291. The lowest BCUT2D eigenvalue weighted by Gasteiger charge is -2.12. The minimum absolute atomic E-state index is 0.0215. The number of nitrogens with zero attached hydrogens (tertiary/aromatic N) is 1. The van der Waals surface area contributed by atoms with Crippen molar-refractivity contribution < 1.29 is 13.2 Å². The lowest BCUT2D eigenvalue weighted by Crippen LogP contribution is -2.32. The van der Waals surface area contributed by atoms with Crippen LogP contribution in [0.4, 0.5) is 5.69 Å². The molecule has 1 N–H and O–H groups in total. The Morgan fingerprint density at radius 1 is 1.28 bits per heavy atom. The van der Waals surface area contributed by atoms with Gasteiger partial charge in [0.05, 0.1) is 10.6 Å². The SMILES string of the molecule is O=C=Nc1cccc(S(=O)(=O)NC2CCCC2)c1. The van der Waals surface area contributed by atoms with Crippen molar-refractivity contribution in [3.05, 3.63) is 24.3 Å². The molecule has 0 unspecified atom stereocenters. The van der Waals surface area contributed by atoms with Crippen LogP contribution in [0.25, 0.3) is 0 Å². The quantitative estimate of drug-likeness (QED) is 0.667. The third kappa shape index (κ3) is 3.04. The van der Waals surface area contributed by atoms with Crippen LogP contribution < -0.4 is 4.72 Å². The number of benzene rings is 1. The van der Waals surface area contributed by atoms with E-state index in [2.05, 4.69) is 9.71 Å². The molecule has 0 radical (unpaired) electrons. The van der Waals surface area contributed by atoms with E-state index < -0.39 is 10.0 Å². The molecule has 1 aromatic carbocycles. The highest BCUT2D eigenvalue weighted by molar-refractivity contribution is 7.89. The van der Waals surface area contributed by atoms with Crippen molar-refractivity contribution in [2.75, 3.05) is 0 Å². The van der Waals surface area contributed by atoms with Crippen molar-refractivity contribution in [1.82, 2.24) is 4.72 Å². The molecule has 0 saturated heterocycles. The van der Waals surface area contributed by atoms with Crippen molar-refractivity contribution in [3.63, 3.8) is 0 Å². The first-order valence-corrected chi connectivity index (χ1v) is 7.30. The Hall–Kier alpha value is -1.49. The Morgan fingerprint density at radius 3 is 2.67 bits per heavy atom. The Balaban J connectivity index is 2.23. The van der Waals surface area contributed by atoms with Crippen LogP contribution in [0.5, 0.6) is 0 Å². The number of hydrogen-bond acceptors (Lipinski definition) is 4. The van der Waals surface area contributed by atoms with E-state index in [1.54, 1.807) is 12.1 Å². The molecule has 0 spiro atoms. The Morgan fingerprint density at radius 2 is 2.00 bits per heavy atom. The summed E-state index contributed by atoms with van der Waals surface area (Å²) in [5.74, 6) is 0. The molecular weight excluding hydrogens is 252 g/mol. The predicted octanol–water partition coefficient (Wildman–Crippen LogP) is 1.87. The van der Waals surface area contributed by atoms with E-state index in [9.17, 15) is 13.2 Å². The summed E-state index contributed by atoms with van der Waals surface area (Å²) < 4.78 is 26.9. The molecule has 18 heavy (non-hydrogen) atoms. The van der Waals surface area contributed by atoms with Crippen LogP contribution in [-0.4, -0.2) is 20.5 Å². The van der Waals surface area contributed by atoms with Gasteiger partial charge in [-0.25, -0.2) is 17.9 Å². The highest BCUT2D eigenvalue weighted by Gasteiger charge is 2.22. The van der Waals surface area contributed by atoms with Gasteiger partial charge >= 0.3 is 0 Å². The molecule has 1 saturated carbocycles. The summed E-state index contributed by atoms with van der Waals surface area (Å²) >= 11 is 0. The summed E-state index contributed by atoms with van der Waals surface area (Å²) in [6.45, 7) is 0. The van der Waals surface area contributed by atoms with Gasteiger partial charge in [0.1, 0.15) is 0 Å². The number of sulfonamides is 1. The fraction of sp³-hybridized carbons (Fsp3) is 0.417. The Bertz CT molecular complexity index is 571. The van der Waals surface area contributed by atoms with E-state index in [1.807, 2.05) is 0 Å². The molecule has 2 rings (SSSR count). The van der Waals surface area contributed by atoms with Crippen LogP contribution >= 0.6 is 0 Å². The van der Waals surface area contributed by atoms with Gasteiger partial charge in [-0.1, -0.05) is 18.9 Å². The van der Waals surface area contributed by atoms with Crippen molar-refractivity contribution >= 4 is 21.8 Å². The number of carbonyl (C=O) groups excluding carboxylic acids is 1. The van der Waals surface area contributed by atoms with Crippen LogP contribution in [0, 0.1) is 0 Å². The van der Waals surface area contributed by atoms with E-state index in [4.69, 9.17) is 0 Å². The second-order valence-electron chi connectivity index (χ2n) is 4.30. The average Bonchev–Trinajstić information content (AvgIpc) is 2.82. The molecule has 0 aliphatic heterocycles. The van der Waals surface area contributed by atoms with E-state index in [0.29, 0.717) is 5.69 Å². The van der Waals surface area contributed by atoms with Gasteiger partial charge in [-0.15, -0.1) is 0 Å². The predicted molar refractivity (Wildman–Crippen MR) is 66.8 cm³/mol. The van der Waals surface area contributed by atoms with E-state index >= 15 is 0 Å². The number of hydrogen-bond donors (Lipinski definition) is 1. The van der Waals surface area contributed by atoms with Crippen LogP contribution in [0.1, 0.15) is 25.7 Å². The van der Waals surface area contributed by atoms with Gasteiger partial charge in [0, 0.05) is 6.04 Å². The van der Waals surface area contributed by atoms with Crippen molar-refractivity contribution in [3.8, 4) is 0 Å². The third-order valence-corrected chi connectivity index (χ3v) is 4.50. The summed E-state index contributed by atoms with van der Waals surface area (Å²) in [5, 5.41) is 0. The monoisotopic (exact) mass is 266 g/mol. The largest absolute Gasteiger partial charge is 0.240 e. The van der Waals surface area contributed by atoms with Gasteiger partial charge in [0.2, 0.25) is 16.1 Å². The van der Waals surface area contributed by atoms with Crippen molar-refractivity contribution in [1.29, 1.82) is 0 Å². The maximum absolute atomic E-state index is 12.1. The minimum atomic E-state index is -3.52. The van der Waals surface area contributed by atoms with Crippen LogP contribution in [0.2, 0.25) is 0 Å². The smallest absolute Gasteiger partial charge is 0.211 e. The molecule has 0 amide bonds. The van der Waals surface area contributed by atoms with Crippen LogP contribution in [0.15, 0.2) is 34.2 Å². The maximum Gasteiger partial charge on any atom is 0.240 e. The minimum Gasteiger partial charge on any atom is -0.211 e. The normalized spacial score (nSPS) is 16.4. The van der Waals surface area contributed by atoms with Crippen molar-refractivity contribution in [2.45, 2.75) is 36.6 Å². The number of rotatable bonds is 4. The van der Waals surface area contributed by atoms with E-state index in [0.717, 1.165) is 25.7 Å². The summed E-state index contributed by atoms with van der Waals surface area (Å²) in [7, 11) is -3.52. The molecule has 1 fully saturated rings. The molecule has 0 atom stereocenters. The molecule has 0 aromatic heterocycles. The fourth-order valence-corrected chi connectivity index (χ4v) is 3.45. The average molecular weight is 266 g/mol. The van der Waals surface area contributed by atoms with E-state index in [-0.39, 0.29) is 10.9 Å². The topological polar surface area (TPSA) is 75.6 Å². The van der Waals surface area contributed by atoms with Gasteiger partial charge in [0.15, 0.2) is 0 Å². The van der Waals surface area contributed by atoms with Gasteiger partial charge in [-0.2, -0.15) is 4.99 Å². The second kappa shape index (κ2) is 5.44. The molecule has 0 bridgehead atoms. The van der Waals surface area contributed by atoms with Gasteiger partial charge in [-0.05, 0) is 31.0 Å². The number of isocyanates is 1. The fourth-order valence-electron chi connectivity index (χ4n) is 2.10. The molecule has 1 aliphatic carbocycles. The zero-order chi connectivity index (χ0) is 13.0. The highest BCUT2D eigenvalue weighted by Crippen LogP contribution is 2.22. The zero-order valence-electron chi connectivity index (χ0n) is 9.80. The first-order chi connectivity index (χ1) is 8.62. The Labute approximate surface area is 106 Å². The van der Waals surface area contributed by atoms with Crippen molar-refractivity contribution in [2.24, 2.45) is 4.99 Å². The van der Waals surface area contributed by atoms with Gasteiger partial charge in [0.25, 0.3) is 0 Å². The molecule has 96 valence electrons. The Kier molecular flexibility index (Phi) is 3.91. The summed E-state index contributed by atoms with van der Waals surface area (Å²) in [6.07, 6.45) is 5.27. The molecule has 0 heterocycles. The second-order valence-corrected chi connectivity index (χ2v) is 6.02. The first-order valence-electron chi connectivity index (χ1n) is 5.82. The molecule has 5 nitrogen and oxygen atoms in total. The lowest BCUT2D eigenvalue weighted by atomic mass is 10.3. The zero-order valence-corrected chi connectivity index (χ0v) is 10.6. The standard InChI is InChI=1S/C12H14N2O3S/c15-9-13-11-6-3-7-12(8-11)18(16,17)14-10-4-1-2-5-10/h3,6-8,10,14H,1-2,4-5H2. The molecule has 1 aromatic rings. The molecule has 6 heteroatoms. The maximum atomic E-state index is 12.1. The molecule has 1 aliphatic rings. The van der Waals surface area contributed by atoms with Crippen LogP contribution in [-0.2, 0) is 14.8 Å². The highest BCUT2D eigenvalue weighted by atomic mass is 32.2. The summed E-state index contributed by atoms with van der Waals surface area (Å²) in [4.78, 5) is 13.7. The summed E-state index contributed by atoms with van der Waals surface area (Å²) in [6, 6.07) is 5.98. The lowest BCUT2D eigenvalue weighted by molar-refractivity contribution is 0.552. The molecular formula is C12H14N2O3S. The van der Waals surface area contributed by atoms with Gasteiger partial charge < -0.3 is 0 Å².